The Bertz CT molecular complexity index is 1960. The van der Waals surface area contributed by atoms with Crippen molar-refractivity contribution in [3.8, 4) is 0 Å². The van der Waals surface area contributed by atoms with Gasteiger partial charge in [-0.2, -0.15) is 0 Å². The lowest BCUT2D eigenvalue weighted by molar-refractivity contribution is -0.133. The third kappa shape index (κ3) is 11.0. The highest BCUT2D eigenvalue weighted by Gasteiger charge is 2.31. The van der Waals surface area contributed by atoms with Crippen LogP contribution in [0.25, 0.3) is 10.9 Å². The van der Waals surface area contributed by atoms with Crippen LogP contribution in [0.2, 0.25) is 0 Å². The van der Waals surface area contributed by atoms with Gasteiger partial charge in [-0.3, -0.25) is 24.2 Å². The molecule has 0 bridgehead atoms. The Labute approximate surface area is 302 Å². The molecule has 0 radical (unpaired) electrons. The van der Waals surface area contributed by atoms with Gasteiger partial charge in [0, 0.05) is 42.2 Å². The van der Waals surface area contributed by atoms with E-state index in [4.69, 9.17) is 11.5 Å². The molecule has 4 amide bonds. The van der Waals surface area contributed by atoms with Crippen LogP contribution in [0, 0.1) is 0 Å². The molecule has 0 aliphatic rings. The predicted molar refractivity (Wildman–Crippen MR) is 203 cm³/mol. The molecule has 0 fully saturated rings. The molecule has 0 unspecified atom stereocenters. The van der Waals surface area contributed by atoms with Crippen molar-refractivity contribution >= 4 is 46.2 Å². The molecule has 9 N–H and O–H groups in total. The number of anilines is 1. The predicted octanol–water partition coefficient (Wildman–Crippen LogP) is 3.34. The summed E-state index contributed by atoms with van der Waals surface area (Å²) in [6.45, 7) is 0.248. The molecule has 1 aromatic heterocycles. The topological polar surface area (TPSA) is 197 Å². The second kappa shape index (κ2) is 18.5. The van der Waals surface area contributed by atoms with Crippen LogP contribution in [0.1, 0.15) is 29.5 Å². The number of guanidine groups is 1. The summed E-state index contributed by atoms with van der Waals surface area (Å²) < 4.78 is 0. The average molecular weight is 701 g/mol. The number of benzene rings is 4. The van der Waals surface area contributed by atoms with Gasteiger partial charge in [-0.25, -0.2) is 0 Å². The number of carbonyl (C=O) groups is 4. The largest absolute Gasteiger partial charge is 0.370 e. The number of hydrogen-bond donors (Lipinski definition) is 7. The number of rotatable bonds is 17. The molecule has 5 aromatic rings. The summed E-state index contributed by atoms with van der Waals surface area (Å²) in [5.41, 5.74) is 14.9. The van der Waals surface area contributed by atoms with Crippen molar-refractivity contribution < 1.29 is 19.2 Å². The Balaban J connectivity index is 1.40. The molecule has 3 atom stereocenters. The third-order valence-electron chi connectivity index (χ3n) is 8.49. The number of hydrogen-bond acceptors (Lipinski definition) is 5. The first-order chi connectivity index (χ1) is 25.2. The second-order valence-electron chi connectivity index (χ2n) is 12.5. The van der Waals surface area contributed by atoms with Crippen molar-refractivity contribution in [2.45, 2.75) is 50.2 Å². The van der Waals surface area contributed by atoms with E-state index in [1.165, 1.54) is 0 Å². The number of nitrogens with zero attached hydrogens (tertiary/aromatic N) is 1. The van der Waals surface area contributed by atoms with Gasteiger partial charge in [-0.15, -0.1) is 0 Å². The van der Waals surface area contributed by atoms with Gasteiger partial charge in [0.05, 0.1) is 6.42 Å². The summed E-state index contributed by atoms with van der Waals surface area (Å²) in [4.78, 5) is 62.4. The van der Waals surface area contributed by atoms with Crippen molar-refractivity contribution in [1.82, 2.24) is 20.9 Å². The zero-order valence-corrected chi connectivity index (χ0v) is 28.8. The van der Waals surface area contributed by atoms with Gasteiger partial charge in [0.15, 0.2) is 5.96 Å². The summed E-state index contributed by atoms with van der Waals surface area (Å²) in [6, 6.07) is 32.1. The lowest BCUT2D eigenvalue weighted by Crippen LogP contribution is -2.57. The summed E-state index contributed by atoms with van der Waals surface area (Å²) in [5.74, 6) is -1.96. The van der Waals surface area contributed by atoms with Crippen LogP contribution < -0.4 is 32.7 Å². The molecule has 268 valence electrons. The number of amides is 4. The number of aliphatic imine (C=N–C) groups is 1. The van der Waals surface area contributed by atoms with Crippen LogP contribution in [0.5, 0.6) is 0 Å². The highest BCUT2D eigenvalue weighted by molar-refractivity contribution is 5.99. The lowest BCUT2D eigenvalue weighted by atomic mass is 10.0. The first kappa shape index (κ1) is 36.8. The Morgan fingerprint density at radius 2 is 1.21 bits per heavy atom. The van der Waals surface area contributed by atoms with Gasteiger partial charge in [0.1, 0.15) is 18.1 Å². The molecule has 0 aliphatic heterocycles. The fourth-order valence-corrected chi connectivity index (χ4v) is 5.88. The minimum Gasteiger partial charge on any atom is -0.370 e. The molecule has 12 heteroatoms. The van der Waals surface area contributed by atoms with E-state index in [9.17, 15) is 19.2 Å². The number of para-hydroxylation sites is 2. The fourth-order valence-electron chi connectivity index (χ4n) is 5.88. The van der Waals surface area contributed by atoms with Crippen molar-refractivity contribution in [2.24, 2.45) is 16.5 Å². The van der Waals surface area contributed by atoms with E-state index in [-0.39, 0.29) is 44.1 Å². The molecule has 4 aromatic carbocycles. The fraction of sp³-hybridized carbons (Fsp3) is 0.225. The molecule has 0 spiro atoms. The Morgan fingerprint density at radius 1 is 0.635 bits per heavy atom. The highest BCUT2D eigenvalue weighted by Crippen LogP contribution is 2.20. The molecule has 5 rings (SSSR count). The Morgan fingerprint density at radius 3 is 1.88 bits per heavy atom. The van der Waals surface area contributed by atoms with Gasteiger partial charge in [0.25, 0.3) is 0 Å². The van der Waals surface area contributed by atoms with Crippen LogP contribution in [0.15, 0.2) is 126 Å². The molecular formula is C40H44N8O4. The van der Waals surface area contributed by atoms with E-state index < -0.39 is 35.8 Å². The maximum absolute atomic E-state index is 14.3. The summed E-state index contributed by atoms with van der Waals surface area (Å²) in [5, 5.41) is 12.4. The number of aromatic nitrogens is 1. The number of fused-ring (bicyclic) bond motifs is 1. The Kier molecular flexibility index (Phi) is 13.1. The molecule has 0 aliphatic carbocycles. The molecule has 12 nitrogen and oxygen atoms in total. The Hall–Kier alpha value is -6.43. The summed E-state index contributed by atoms with van der Waals surface area (Å²) in [6.07, 6.45) is 2.78. The molecule has 0 saturated carbocycles. The number of H-pyrrole nitrogens is 1. The first-order valence-corrected chi connectivity index (χ1v) is 17.2. The number of nitrogens with two attached hydrogens (primary N) is 2. The van der Waals surface area contributed by atoms with E-state index in [1.807, 2.05) is 91.0 Å². The number of carbonyl (C=O) groups excluding carboxylic acids is 4. The number of nitrogens with one attached hydrogen (secondary N) is 5. The first-order valence-electron chi connectivity index (χ1n) is 17.2. The van der Waals surface area contributed by atoms with Crippen LogP contribution in [0.3, 0.4) is 0 Å². The summed E-state index contributed by atoms with van der Waals surface area (Å²) >= 11 is 0. The average Bonchev–Trinajstić information content (AvgIpc) is 3.56. The quantitative estimate of drug-likeness (QED) is 0.0441. The van der Waals surface area contributed by atoms with Gasteiger partial charge < -0.3 is 37.7 Å². The number of aromatic amines is 1. The van der Waals surface area contributed by atoms with E-state index in [2.05, 4.69) is 31.2 Å². The lowest BCUT2D eigenvalue weighted by Gasteiger charge is -2.25. The second-order valence-corrected chi connectivity index (χ2v) is 12.5. The van der Waals surface area contributed by atoms with Crippen LogP contribution >= 0.6 is 0 Å². The van der Waals surface area contributed by atoms with E-state index in [0.29, 0.717) is 12.1 Å². The van der Waals surface area contributed by atoms with Gasteiger partial charge in [0.2, 0.25) is 23.6 Å². The standard InChI is InChI=1S/C40H44N8O4/c41-40(42)43-22-12-21-33(46-36(49)24-28-15-6-2-7-16-28)37(50)48-35(25-29-26-44-32-20-11-10-19-31(29)32)39(52)47-34(23-27-13-4-1-5-14-27)38(51)45-30-17-8-3-9-18-30/h1-11,13-20,26,33-35,44H,12,21-25H2,(H,45,51)(H,46,49)(H,47,52)(H,48,50)(H4,41,42,43)/t33-,34-,35-/m0/s1. The van der Waals surface area contributed by atoms with Crippen LogP contribution in [-0.2, 0) is 38.4 Å². The smallest absolute Gasteiger partial charge is 0.247 e. The normalized spacial score (nSPS) is 12.5. The molecular weight excluding hydrogens is 656 g/mol. The van der Waals surface area contributed by atoms with E-state index >= 15 is 0 Å². The zero-order valence-electron chi connectivity index (χ0n) is 28.8. The monoisotopic (exact) mass is 700 g/mol. The van der Waals surface area contributed by atoms with Crippen molar-refractivity contribution in [1.29, 1.82) is 0 Å². The minimum absolute atomic E-state index is 0.0649. The SMILES string of the molecule is NC(N)=NCCC[C@H](NC(=O)Cc1ccccc1)C(=O)N[C@@H](Cc1c[nH]c2ccccc12)C(=O)N[C@@H](Cc1ccccc1)C(=O)Nc1ccccc1. The maximum Gasteiger partial charge on any atom is 0.247 e. The molecule has 52 heavy (non-hydrogen) atoms. The summed E-state index contributed by atoms with van der Waals surface area (Å²) in [7, 11) is 0. The zero-order chi connectivity index (χ0) is 36.7. The maximum atomic E-state index is 14.3. The molecule has 1 heterocycles. The van der Waals surface area contributed by atoms with Crippen molar-refractivity contribution in [3.05, 3.63) is 138 Å². The van der Waals surface area contributed by atoms with Gasteiger partial charge in [-0.05, 0) is 47.7 Å². The van der Waals surface area contributed by atoms with E-state index in [0.717, 1.165) is 27.6 Å². The molecule has 0 saturated heterocycles. The minimum atomic E-state index is -1.11. The third-order valence-corrected chi connectivity index (χ3v) is 8.49. The van der Waals surface area contributed by atoms with Crippen molar-refractivity contribution in [2.75, 3.05) is 11.9 Å². The van der Waals surface area contributed by atoms with Crippen molar-refractivity contribution in [3.63, 3.8) is 0 Å². The van der Waals surface area contributed by atoms with Gasteiger partial charge in [-0.1, -0.05) is 97.1 Å². The highest BCUT2D eigenvalue weighted by atomic mass is 16.2. The van der Waals surface area contributed by atoms with E-state index in [1.54, 1.807) is 30.5 Å². The van der Waals surface area contributed by atoms with Gasteiger partial charge >= 0.3 is 0 Å². The van der Waals surface area contributed by atoms with Crippen LogP contribution in [0.4, 0.5) is 5.69 Å². The van der Waals surface area contributed by atoms with Crippen LogP contribution in [-0.4, -0.2) is 59.2 Å².